The van der Waals surface area contributed by atoms with Crippen molar-refractivity contribution < 1.29 is 13.2 Å². The van der Waals surface area contributed by atoms with Crippen LogP contribution >= 0.6 is 0 Å². The lowest BCUT2D eigenvalue weighted by atomic mass is 9.99. The second-order valence-electron chi connectivity index (χ2n) is 6.81. The van der Waals surface area contributed by atoms with E-state index in [9.17, 15) is 13.2 Å². The molecule has 6 nitrogen and oxygen atoms in total. The number of sulfonamides is 1. The Labute approximate surface area is 144 Å². The fourth-order valence-corrected chi connectivity index (χ4v) is 4.09. The topological polar surface area (TPSA) is 92.5 Å². The molecule has 0 spiro atoms. The van der Waals surface area contributed by atoms with E-state index in [1.807, 2.05) is 13.8 Å². The van der Waals surface area contributed by atoms with Gasteiger partial charge in [-0.15, -0.1) is 0 Å². The van der Waals surface area contributed by atoms with Gasteiger partial charge in [-0.3, -0.25) is 4.79 Å². The summed E-state index contributed by atoms with van der Waals surface area (Å²) in [5, 5.41) is 2.87. The molecular formula is C17H27N3O3S. The number of carbonyl (C=O) groups excluding carboxylic acids is 1. The number of nitrogens with zero attached hydrogens (tertiary/aromatic N) is 1. The van der Waals surface area contributed by atoms with Gasteiger partial charge in [0.2, 0.25) is 15.9 Å². The molecule has 1 fully saturated rings. The van der Waals surface area contributed by atoms with Crippen LogP contribution in [0.5, 0.6) is 0 Å². The van der Waals surface area contributed by atoms with E-state index in [0.717, 1.165) is 30.4 Å². The van der Waals surface area contributed by atoms with E-state index in [1.54, 1.807) is 6.07 Å². The van der Waals surface area contributed by atoms with E-state index in [2.05, 4.69) is 5.32 Å². The van der Waals surface area contributed by atoms with Gasteiger partial charge in [-0.25, -0.2) is 12.7 Å². The molecule has 1 aliphatic carbocycles. The number of nitrogens with two attached hydrogens (primary N) is 1. The van der Waals surface area contributed by atoms with Crippen LogP contribution in [0.15, 0.2) is 17.0 Å². The zero-order valence-electron chi connectivity index (χ0n) is 14.8. The first-order chi connectivity index (χ1) is 11.1. The number of hydrogen-bond donors (Lipinski definition) is 2. The average molecular weight is 353 g/mol. The first kappa shape index (κ1) is 18.9. The molecule has 0 radical (unpaired) electrons. The molecule has 24 heavy (non-hydrogen) atoms. The van der Waals surface area contributed by atoms with E-state index in [-0.39, 0.29) is 22.8 Å². The van der Waals surface area contributed by atoms with Crippen molar-refractivity contribution in [3.8, 4) is 0 Å². The van der Waals surface area contributed by atoms with Gasteiger partial charge in [0.1, 0.15) is 0 Å². The maximum absolute atomic E-state index is 12.4. The fourth-order valence-electron chi connectivity index (χ4n) is 3.07. The minimum atomic E-state index is -3.54. The Balaban J connectivity index is 2.23. The molecule has 0 aliphatic heterocycles. The van der Waals surface area contributed by atoms with Crippen LogP contribution in [0.1, 0.15) is 36.8 Å². The van der Waals surface area contributed by atoms with Crippen molar-refractivity contribution >= 4 is 21.6 Å². The molecule has 1 aromatic rings. The molecule has 0 unspecified atom stereocenters. The molecule has 1 aromatic carbocycles. The summed E-state index contributed by atoms with van der Waals surface area (Å²) in [6.07, 6.45) is 3.38. The Kier molecular flexibility index (Phi) is 5.67. The molecule has 7 heteroatoms. The molecule has 2 rings (SSSR count). The third-order valence-electron chi connectivity index (χ3n) is 4.86. The molecule has 0 saturated heterocycles. The predicted octanol–water partition coefficient (Wildman–Crippen LogP) is 2.01. The van der Waals surface area contributed by atoms with Gasteiger partial charge in [0.05, 0.1) is 4.90 Å². The van der Waals surface area contributed by atoms with Crippen molar-refractivity contribution in [3.63, 3.8) is 0 Å². The van der Waals surface area contributed by atoms with Gasteiger partial charge in [-0.1, -0.05) is 6.42 Å². The highest BCUT2D eigenvalue weighted by molar-refractivity contribution is 7.89. The van der Waals surface area contributed by atoms with Gasteiger partial charge in [0.25, 0.3) is 0 Å². The first-order valence-electron chi connectivity index (χ1n) is 8.22. The third kappa shape index (κ3) is 3.96. The van der Waals surface area contributed by atoms with Gasteiger partial charge in [0, 0.05) is 32.2 Å². The van der Waals surface area contributed by atoms with Crippen molar-refractivity contribution in [1.29, 1.82) is 0 Å². The molecule has 1 saturated carbocycles. The van der Waals surface area contributed by atoms with Crippen LogP contribution in [0.3, 0.4) is 0 Å². The average Bonchev–Trinajstić information content (AvgIpc) is 2.88. The van der Waals surface area contributed by atoms with Crippen LogP contribution < -0.4 is 11.1 Å². The Bertz CT molecular complexity index is 729. The number of nitrogens with one attached hydrogen (secondary N) is 1. The summed E-state index contributed by atoms with van der Waals surface area (Å²) in [7, 11) is -0.563. The van der Waals surface area contributed by atoms with E-state index in [0.29, 0.717) is 12.1 Å². The molecular weight excluding hydrogens is 326 g/mol. The highest BCUT2D eigenvalue weighted by Gasteiger charge is 2.26. The second-order valence-corrected chi connectivity index (χ2v) is 8.96. The minimum absolute atomic E-state index is 0.0824. The molecule has 2 atom stereocenters. The van der Waals surface area contributed by atoms with Gasteiger partial charge in [-0.05, 0) is 55.9 Å². The normalized spacial score (nSPS) is 21.2. The predicted molar refractivity (Wildman–Crippen MR) is 95.4 cm³/mol. The number of anilines is 1. The number of benzene rings is 1. The first-order valence-corrected chi connectivity index (χ1v) is 9.66. The molecule has 1 amide bonds. The van der Waals surface area contributed by atoms with Crippen LogP contribution in [0.25, 0.3) is 0 Å². The second kappa shape index (κ2) is 7.21. The Hall–Kier alpha value is -1.44. The van der Waals surface area contributed by atoms with E-state index in [1.165, 1.54) is 24.5 Å². The largest absolute Gasteiger partial charge is 0.327 e. The lowest BCUT2D eigenvalue weighted by Gasteiger charge is -2.18. The number of hydrogen-bond acceptors (Lipinski definition) is 4. The molecule has 0 aromatic heterocycles. The van der Waals surface area contributed by atoms with Crippen molar-refractivity contribution in [1.82, 2.24) is 4.31 Å². The number of rotatable bonds is 5. The lowest BCUT2D eigenvalue weighted by molar-refractivity contribution is -0.117. The van der Waals surface area contributed by atoms with Crippen molar-refractivity contribution in [2.24, 2.45) is 11.7 Å². The summed E-state index contributed by atoms with van der Waals surface area (Å²) >= 11 is 0. The number of aryl methyl sites for hydroxylation is 1. The van der Waals surface area contributed by atoms with Gasteiger partial charge >= 0.3 is 0 Å². The zero-order valence-corrected chi connectivity index (χ0v) is 15.6. The van der Waals surface area contributed by atoms with Crippen molar-refractivity contribution in [2.45, 2.75) is 50.5 Å². The summed E-state index contributed by atoms with van der Waals surface area (Å²) in [5.41, 5.74) is 8.27. The summed E-state index contributed by atoms with van der Waals surface area (Å²) in [4.78, 5) is 12.5. The maximum Gasteiger partial charge on any atom is 0.242 e. The quantitative estimate of drug-likeness (QED) is 0.847. The van der Waals surface area contributed by atoms with Crippen LogP contribution in [-0.2, 0) is 14.8 Å². The Morgan fingerprint density at radius 1 is 1.29 bits per heavy atom. The molecule has 1 aliphatic rings. The summed E-state index contributed by atoms with van der Waals surface area (Å²) in [5.74, 6) is 0.0966. The summed E-state index contributed by atoms with van der Waals surface area (Å²) in [6, 6.07) is 3.25. The third-order valence-corrected chi connectivity index (χ3v) is 6.65. The molecule has 0 heterocycles. The number of carbonyl (C=O) groups is 1. The Morgan fingerprint density at radius 3 is 2.50 bits per heavy atom. The van der Waals surface area contributed by atoms with E-state index in [4.69, 9.17) is 5.73 Å². The fraction of sp³-hybridized carbons (Fsp3) is 0.588. The van der Waals surface area contributed by atoms with Crippen molar-refractivity contribution in [2.75, 3.05) is 19.4 Å². The van der Waals surface area contributed by atoms with E-state index >= 15 is 0 Å². The minimum Gasteiger partial charge on any atom is -0.327 e. The zero-order chi connectivity index (χ0) is 18.1. The summed E-state index contributed by atoms with van der Waals surface area (Å²) < 4.78 is 25.9. The summed E-state index contributed by atoms with van der Waals surface area (Å²) in [6.45, 7) is 3.71. The molecule has 3 N–H and O–H groups in total. The molecule has 0 bridgehead atoms. The Morgan fingerprint density at radius 2 is 1.96 bits per heavy atom. The lowest BCUT2D eigenvalue weighted by Crippen LogP contribution is -2.28. The van der Waals surface area contributed by atoms with Gasteiger partial charge in [-0.2, -0.15) is 0 Å². The van der Waals surface area contributed by atoms with Crippen LogP contribution in [-0.4, -0.2) is 38.8 Å². The van der Waals surface area contributed by atoms with Crippen molar-refractivity contribution in [3.05, 3.63) is 23.3 Å². The van der Waals surface area contributed by atoms with Crippen LogP contribution in [0.2, 0.25) is 0 Å². The highest BCUT2D eigenvalue weighted by Crippen LogP contribution is 2.29. The highest BCUT2D eigenvalue weighted by atomic mass is 32.2. The van der Waals surface area contributed by atoms with Gasteiger partial charge in [0.15, 0.2) is 0 Å². The smallest absolute Gasteiger partial charge is 0.242 e. The molecule has 134 valence electrons. The van der Waals surface area contributed by atoms with Crippen LogP contribution in [0, 0.1) is 19.8 Å². The SMILES string of the molecule is Cc1cc(S(=O)(=O)N(C)C)cc(NC(=O)C[C@@H]2CCC[C@H]2N)c1C. The monoisotopic (exact) mass is 353 g/mol. The standard InChI is InChI=1S/C17H27N3O3S/c1-11-8-14(24(22,23)20(3)4)10-16(12(11)2)19-17(21)9-13-6-5-7-15(13)18/h8,10,13,15H,5-7,9,18H2,1-4H3,(H,19,21)/t13-,15+/m0/s1. The van der Waals surface area contributed by atoms with E-state index < -0.39 is 10.0 Å². The van der Waals surface area contributed by atoms with Gasteiger partial charge < -0.3 is 11.1 Å². The maximum atomic E-state index is 12.4. The number of amides is 1. The van der Waals surface area contributed by atoms with Crippen LogP contribution in [0.4, 0.5) is 5.69 Å².